The number of hydrogen-bond acceptors (Lipinski definition) is 1. The molecule has 0 unspecified atom stereocenters. The highest BCUT2D eigenvalue weighted by Gasteiger charge is 2.37. The van der Waals surface area contributed by atoms with Gasteiger partial charge in [0, 0.05) is 10.0 Å². The molecule has 0 radical (unpaired) electrons. The second-order valence-corrected chi connectivity index (χ2v) is 4.63. The highest BCUT2D eigenvalue weighted by Crippen LogP contribution is 2.41. The van der Waals surface area contributed by atoms with Gasteiger partial charge in [-0.1, -0.05) is 43.5 Å². The number of carbonyl (C=O) groups excluding carboxylic acids is 1. The van der Waals surface area contributed by atoms with Crippen molar-refractivity contribution >= 4 is 49.2 Å². The van der Waals surface area contributed by atoms with E-state index in [0.29, 0.717) is 0 Å². The number of ketones is 1. The van der Waals surface area contributed by atoms with Crippen LogP contribution in [0.3, 0.4) is 0 Å². The van der Waals surface area contributed by atoms with E-state index in [0.717, 1.165) is 6.07 Å². The second-order valence-electron chi connectivity index (χ2n) is 2.84. The molecule has 0 spiro atoms. The van der Waals surface area contributed by atoms with Gasteiger partial charge < -0.3 is 0 Å². The molecule has 0 saturated heterocycles. The Labute approximate surface area is 111 Å². The van der Waals surface area contributed by atoms with Gasteiger partial charge in [-0.05, 0) is 12.1 Å². The number of carbonyl (C=O) groups is 1. The van der Waals surface area contributed by atoms with E-state index in [9.17, 15) is 18.0 Å². The lowest BCUT2D eigenvalue weighted by atomic mass is 10.1. The monoisotopic (exact) mass is 378 g/mol. The first kappa shape index (κ1) is 14.0. The summed E-state index contributed by atoms with van der Waals surface area (Å²) in [7, 11) is 0. The number of benzene rings is 1. The molecule has 0 aliphatic carbocycles. The Bertz CT molecular complexity index is 431. The molecular weight excluding hydrogens is 376 g/mol. The third-order valence-corrected chi connectivity index (χ3v) is 3.36. The third kappa shape index (κ3) is 2.78. The fourth-order valence-electron chi connectivity index (χ4n) is 1.10. The van der Waals surface area contributed by atoms with Crippen molar-refractivity contribution in [2.24, 2.45) is 0 Å². The zero-order chi connectivity index (χ0) is 12.5. The SMILES string of the molecule is O=C(CBr)c1ccc(Br)c(C(F)(F)F)c1Cl. The molecule has 0 aromatic heterocycles. The van der Waals surface area contributed by atoms with Crippen molar-refractivity contribution in [3.8, 4) is 0 Å². The summed E-state index contributed by atoms with van der Waals surface area (Å²) in [4.78, 5) is 11.3. The number of halogens is 6. The first-order valence-electron chi connectivity index (χ1n) is 3.93. The Morgan fingerprint density at radius 1 is 1.38 bits per heavy atom. The Balaban J connectivity index is 3.45. The Kier molecular flexibility index (Phi) is 4.42. The molecule has 0 saturated carbocycles. The van der Waals surface area contributed by atoms with Crippen molar-refractivity contribution in [2.45, 2.75) is 6.18 Å². The molecule has 88 valence electrons. The molecule has 0 amide bonds. The second kappa shape index (κ2) is 5.06. The number of hydrogen-bond donors (Lipinski definition) is 0. The zero-order valence-corrected chi connectivity index (χ0v) is 11.5. The van der Waals surface area contributed by atoms with Crippen LogP contribution < -0.4 is 0 Å². The molecule has 0 aliphatic rings. The Morgan fingerprint density at radius 3 is 2.38 bits per heavy atom. The summed E-state index contributed by atoms with van der Waals surface area (Å²) in [6, 6.07) is 2.41. The predicted molar refractivity (Wildman–Crippen MR) is 62.3 cm³/mol. The lowest BCUT2D eigenvalue weighted by Crippen LogP contribution is -2.11. The normalized spacial score (nSPS) is 11.6. The minimum atomic E-state index is -4.60. The van der Waals surface area contributed by atoms with Crippen LogP contribution >= 0.6 is 43.5 Å². The fraction of sp³-hybridized carbons (Fsp3) is 0.222. The van der Waals surface area contributed by atoms with Gasteiger partial charge >= 0.3 is 6.18 Å². The van der Waals surface area contributed by atoms with Crippen molar-refractivity contribution in [1.29, 1.82) is 0 Å². The van der Waals surface area contributed by atoms with E-state index in [1.807, 2.05) is 0 Å². The lowest BCUT2D eigenvalue weighted by molar-refractivity contribution is -0.138. The number of Topliss-reactive ketones (excluding diaryl/α,β-unsaturated/α-hetero) is 1. The fourth-order valence-corrected chi connectivity index (χ4v) is 2.45. The minimum absolute atomic E-state index is 0.0777. The molecule has 0 N–H and O–H groups in total. The predicted octanol–water partition coefficient (Wildman–Crippen LogP) is 4.70. The summed E-state index contributed by atoms with van der Waals surface area (Å²) in [6.07, 6.45) is -4.60. The molecule has 0 bridgehead atoms. The first-order valence-corrected chi connectivity index (χ1v) is 6.22. The van der Waals surface area contributed by atoms with Crippen LogP contribution in [-0.2, 0) is 6.18 Å². The van der Waals surface area contributed by atoms with Crippen LogP contribution in [0.2, 0.25) is 5.02 Å². The van der Waals surface area contributed by atoms with E-state index < -0.39 is 22.5 Å². The standard InChI is InChI=1S/C9H4Br2ClF3O/c10-3-6(16)4-1-2-5(11)7(8(4)12)9(13,14)15/h1-2H,3H2. The maximum absolute atomic E-state index is 12.6. The highest BCUT2D eigenvalue weighted by atomic mass is 79.9. The molecule has 0 heterocycles. The molecule has 1 nitrogen and oxygen atoms in total. The van der Waals surface area contributed by atoms with Gasteiger partial charge in [-0.25, -0.2) is 0 Å². The van der Waals surface area contributed by atoms with Gasteiger partial charge in [0.2, 0.25) is 0 Å². The zero-order valence-electron chi connectivity index (χ0n) is 7.54. The van der Waals surface area contributed by atoms with Crippen molar-refractivity contribution in [1.82, 2.24) is 0 Å². The van der Waals surface area contributed by atoms with Gasteiger partial charge in [0.1, 0.15) is 0 Å². The van der Waals surface area contributed by atoms with E-state index >= 15 is 0 Å². The quantitative estimate of drug-likeness (QED) is 0.537. The lowest BCUT2D eigenvalue weighted by Gasteiger charge is -2.13. The molecule has 1 aromatic carbocycles. The van der Waals surface area contributed by atoms with Gasteiger partial charge in [0.15, 0.2) is 5.78 Å². The van der Waals surface area contributed by atoms with Crippen LogP contribution in [0.1, 0.15) is 15.9 Å². The summed E-state index contributed by atoms with van der Waals surface area (Å²) in [5.41, 5.74) is -1.17. The van der Waals surface area contributed by atoms with Gasteiger partial charge in [-0.15, -0.1) is 0 Å². The summed E-state index contributed by atoms with van der Waals surface area (Å²) in [5.74, 6) is -0.497. The minimum Gasteiger partial charge on any atom is -0.293 e. The molecule has 7 heteroatoms. The molecule has 1 rings (SSSR count). The van der Waals surface area contributed by atoms with Crippen molar-refractivity contribution in [3.05, 3.63) is 32.8 Å². The first-order chi connectivity index (χ1) is 7.29. The summed E-state index contributed by atoms with van der Waals surface area (Å²) >= 11 is 11.2. The summed E-state index contributed by atoms with van der Waals surface area (Å²) in [5, 5.41) is -0.655. The smallest absolute Gasteiger partial charge is 0.293 e. The molecule has 1 aromatic rings. The average Bonchev–Trinajstić information content (AvgIpc) is 2.14. The summed E-state index contributed by atoms with van der Waals surface area (Å²) < 4.78 is 37.7. The van der Waals surface area contributed by atoms with Gasteiger partial charge in [0.05, 0.1) is 15.9 Å². The van der Waals surface area contributed by atoms with E-state index in [2.05, 4.69) is 31.9 Å². The van der Waals surface area contributed by atoms with Crippen LogP contribution in [0.25, 0.3) is 0 Å². The van der Waals surface area contributed by atoms with Crippen LogP contribution in [-0.4, -0.2) is 11.1 Å². The van der Waals surface area contributed by atoms with E-state index in [-0.39, 0.29) is 15.4 Å². The number of alkyl halides is 4. The Morgan fingerprint density at radius 2 is 1.94 bits per heavy atom. The largest absolute Gasteiger partial charge is 0.418 e. The number of rotatable bonds is 2. The molecule has 0 aliphatic heterocycles. The van der Waals surface area contributed by atoms with Crippen LogP contribution in [0.4, 0.5) is 13.2 Å². The van der Waals surface area contributed by atoms with Crippen LogP contribution in [0.15, 0.2) is 16.6 Å². The van der Waals surface area contributed by atoms with Crippen molar-refractivity contribution in [3.63, 3.8) is 0 Å². The third-order valence-electron chi connectivity index (χ3n) is 1.80. The highest BCUT2D eigenvalue weighted by molar-refractivity contribution is 9.10. The summed E-state index contributed by atoms with van der Waals surface area (Å²) in [6.45, 7) is 0. The molecule has 0 atom stereocenters. The maximum Gasteiger partial charge on any atom is 0.418 e. The van der Waals surface area contributed by atoms with Crippen molar-refractivity contribution < 1.29 is 18.0 Å². The van der Waals surface area contributed by atoms with Crippen LogP contribution in [0.5, 0.6) is 0 Å². The molecule has 16 heavy (non-hydrogen) atoms. The van der Waals surface area contributed by atoms with E-state index in [1.165, 1.54) is 6.07 Å². The topological polar surface area (TPSA) is 17.1 Å². The van der Waals surface area contributed by atoms with Crippen LogP contribution in [0, 0.1) is 0 Å². The van der Waals surface area contributed by atoms with E-state index in [1.54, 1.807) is 0 Å². The van der Waals surface area contributed by atoms with Crippen molar-refractivity contribution in [2.75, 3.05) is 5.33 Å². The van der Waals surface area contributed by atoms with Gasteiger partial charge in [-0.3, -0.25) is 4.79 Å². The van der Waals surface area contributed by atoms with Gasteiger partial charge in [-0.2, -0.15) is 13.2 Å². The molecular formula is C9H4Br2ClF3O. The Hall–Kier alpha value is -0.0700. The van der Waals surface area contributed by atoms with E-state index in [4.69, 9.17) is 11.6 Å². The maximum atomic E-state index is 12.6. The molecule has 0 fully saturated rings. The average molecular weight is 380 g/mol. The van der Waals surface area contributed by atoms with Gasteiger partial charge in [0.25, 0.3) is 0 Å².